The van der Waals surface area contributed by atoms with Gasteiger partial charge in [-0.25, -0.2) is 10.0 Å². The normalized spacial score (nSPS) is 20.2. The molecule has 2 atom stereocenters. The molecule has 2 aliphatic rings. The molecule has 3 aromatic rings. The van der Waals surface area contributed by atoms with Gasteiger partial charge < -0.3 is 14.6 Å². The van der Waals surface area contributed by atoms with Gasteiger partial charge in [-0.3, -0.25) is 10.2 Å². The van der Waals surface area contributed by atoms with E-state index in [0.717, 1.165) is 42.4 Å². The second-order valence-electron chi connectivity index (χ2n) is 10.3. The van der Waals surface area contributed by atoms with Crippen molar-refractivity contribution < 1.29 is 19.4 Å². The van der Waals surface area contributed by atoms with Crippen LogP contribution in [0.25, 0.3) is 10.4 Å². The van der Waals surface area contributed by atoms with Crippen molar-refractivity contribution in [1.82, 2.24) is 10.4 Å². The number of halogens is 1. The topological polar surface area (TPSA) is 132 Å². The molecule has 3 aromatic carbocycles. The summed E-state index contributed by atoms with van der Waals surface area (Å²) in [7, 11) is 0. The second kappa shape index (κ2) is 13.8. The molecule has 2 aliphatic heterocycles. The van der Waals surface area contributed by atoms with Gasteiger partial charge in [0.2, 0.25) is 5.90 Å². The lowest BCUT2D eigenvalue weighted by Crippen LogP contribution is -2.56. The van der Waals surface area contributed by atoms with E-state index in [4.69, 9.17) is 19.6 Å². The number of hydrazine groups is 1. The number of aliphatic hydroxyl groups excluding tert-OH is 1. The van der Waals surface area contributed by atoms with Crippen LogP contribution in [0.15, 0.2) is 87.4 Å². The summed E-state index contributed by atoms with van der Waals surface area (Å²) < 4.78 is 13.2. The Morgan fingerprint density at radius 2 is 1.86 bits per heavy atom. The highest BCUT2D eigenvalue weighted by atomic mass is 79.9. The SMILES string of the molecule is [N-]=[N+]=Nc1ccccc1C[C@]1(C(=O)NN2CCCCC2)N=C(c2ccc(OCCCO)cc2)O[C@H]1c1ccc(Br)cc1. The standard InChI is InChI=1S/C31H33BrN6O4/c32-25-13-9-22(10-14-25)28-31(30(40)36-38-17-4-1-5-18-38,21-24-7-2-3-8-27(24)35-37-33)34-29(42-28)23-11-15-26(16-12-23)41-20-6-19-39/h2-3,7-16,28,39H,1,4-6,17-21H2,(H,36,40)/t28-,31-/m0/s1. The molecule has 0 aromatic heterocycles. The van der Waals surface area contributed by atoms with E-state index >= 15 is 0 Å². The Kier molecular flexibility index (Phi) is 9.76. The van der Waals surface area contributed by atoms with E-state index in [1.165, 1.54) is 0 Å². The van der Waals surface area contributed by atoms with Gasteiger partial charge in [0, 0.05) is 53.2 Å². The first kappa shape index (κ1) is 29.6. The first-order chi connectivity index (χ1) is 20.5. The summed E-state index contributed by atoms with van der Waals surface area (Å²) in [6, 6.07) is 22.2. The van der Waals surface area contributed by atoms with Crippen LogP contribution in [0, 0.1) is 0 Å². The van der Waals surface area contributed by atoms with Crippen molar-refractivity contribution in [3.8, 4) is 5.75 Å². The summed E-state index contributed by atoms with van der Waals surface area (Å²) in [6.07, 6.45) is 3.06. The number of hydrogen-bond acceptors (Lipinski definition) is 7. The van der Waals surface area contributed by atoms with Gasteiger partial charge in [0.05, 0.1) is 6.61 Å². The van der Waals surface area contributed by atoms with Gasteiger partial charge in [0.1, 0.15) is 5.75 Å². The van der Waals surface area contributed by atoms with Gasteiger partial charge in [0.15, 0.2) is 11.6 Å². The lowest BCUT2D eigenvalue weighted by molar-refractivity contribution is -0.134. The van der Waals surface area contributed by atoms with Crippen molar-refractivity contribution in [2.75, 3.05) is 26.3 Å². The number of aliphatic imine (C=N–C) groups is 1. The molecule has 0 spiro atoms. The van der Waals surface area contributed by atoms with E-state index in [9.17, 15) is 10.3 Å². The summed E-state index contributed by atoms with van der Waals surface area (Å²) in [6.45, 7) is 1.98. The number of amides is 1. The van der Waals surface area contributed by atoms with Crippen molar-refractivity contribution in [3.05, 3.63) is 104 Å². The number of aliphatic hydroxyl groups is 1. The molecule has 1 amide bonds. The van der Waals surface area contributed by atoms with Gasteiger partial charge in [-0.2, -0.15) is 0 Å². The van der Waals surface area contributed by atoms with E-state index in [2.05, 4.69) is 31.4 Å². The van der Waals surface area contributed by atoms with Crippen molar-refractivity contribution in [2.45, 2.75) is 43.7 Å². The molecule has 1 saturated heterocycles. The first-order valence-corrected chi connectivity index (χ1v) is 14.9. The van der Waals surface area contributed by atoms with Crippen molar-refractivity contribution in [3.63, 3.8) is 0 Å². The monoisotopic (exact) mass is 632 g/mol. The summed E-state index contributed by atoms with van der Waals surface area (Å²) in [5, 5.41) is 14.9. The molecule has 1 fully saturated rings. The Labute approximate surface area is 253 Å². The third kappa shape index (κ3) is 6.77. The average Bonchev–Trinajstić information content (AvgIpc) is 3.40. The Morgan fingerprint density at radius 1 is 1.12 bits per heavy atom. The Balaban J connectivity index is 1.59. The predicted molar refractivity (Wildman–Crippen MR) is 163 cm³/mol. The van der Waals surface area contributed by atoms with Crippen molar-refractivity contribution in [2.24, 2.45) is 10.1 Å². The highest BCUT2D eigenvalue weighted by Gasteiger charge is 2.54. The zero-order valence-electron chi connectivity index (χ0n) is 23.2. The highest BCUT2D eigenvalue weighted by molar-refractivity contribution is 9.10. The molecule has 2 N–H and O–H groups in total. The fraction of sp³-hybridized carbons (Fsp3) is 0.355. The molecule has 0 aliphatic carbocycles. The number of piperidine rings is 1. The molecule has 0 radical (unpaired) electrons. The van der Waals surface area contributed by atoms with Crippen LogP contribution in [0.1, 0.15) is 48.5 Å². The van der Waals surface area contributed by atoms with Crippen molar-refractivity contribution >= 4 is 33.4 Å². The number of azide groups is 1. The van der Waals surface area contributed by atoms with Crippen LogP contribution >= 0.6 is 15.9 Å². The molecule has 5 rings (SSSR count). The fourth-order valence-corrected chi connectivity index (χ4v) is 5.53. The molecule has 218 valence electrons. The third-order valence-electron chi connectivity index (χ3n) is 7.42. The zero-order chi connectivity index (χ0) is 29.4. The molecule has 0 unspecified atom stereocenters. The largest absolute Gasteiger partial charge is 0.494 e. The second-order valence-corrected chi connectivity index (χ2v) is 11.2. The molecule has 42 heavy (non-hydrogen) atoms. The van der Waals surface area contributed by atoms with Gasteiger partial charge in [-0.05, 0) is 65.9 Å². The predicted octanol–water partition coefficient (Wildman–Crippen LogP) is 6.17. The van der Waals surface area contributed by atoms with Gasteiger partial charge in [0.25, 0.3) is 5.91 Å². The van der Waals surface area contributed by atoms with Crippen LogP contribution < -0.4 is 10.2 Å². The minimum atomic E-state index is -1.40. The van der Waals surface area contributed by atoms with Gasteiger partial charge >= 0.3 is 0 Å². The maximum Gasteiger partial charge on any atom is 0.266 e. The van der Waals surface area contributed by atoms with Crippen LogP contribution in [0.3, 0.4) is 0 Å². The van der Waals surface area contributed by atoms with Gasteiger partial charge in [-0.15, -0.1) is 0 Å². The maximum absolute atomic E-state index is 14.4. The quantitative estimate of drug-likeness (QED) is 0.113. The Hall–Kier alpha value is -3.89. The van der Waals surface area contributed by atoms with E-state index in [1.54, 1.807) is 12.1 Å². The number of nitrogens with one attached hydrogen (secondary N) is 1. The van der Waals surface area contributed by atoms with E-state index in [-0.39, 0.29) is 18.9 Å². The average molecular weight is 634 g/mol. The molecule has 0 saturated carbocycles. The smallest absolute Gasteiger partial charge is 0.266 e. The third-order valence-corrected chi connectivity index (χ3v) is 7.95. The summed E-state index contributed by atoms with van der Waals surface area (Å²) in [5.74, 6) is 0.708. The summed E-state index contributed by atoms with van der Waals surface area (Å²) in [4.78, 5) is 22.5. The number of rotatable bonds is 11. The van der Waals surface area contributed by atoms with E-state index < -0.39 is 11.6 Å². The van der Waals surface area contributed by atoms with Crippen molar-refractivity contribution in [1.29, 1.82) is 0 Å². The maximum atomic E-state index is 14.4. The van der Waals surface area contributed by atoms with Crippen LogP contribution in [0.5, 0.6) is 5.75 Å². The van der Waals surface area contributed by atoms with Crippen LogP contribution in [0.4, 0.5) is 5.69 Å². The molecule has 11 heteroatoms. The number of benzene rings is 3. The van der Waals surface area contributed by atoms with Crippen LogP contribution in [-0.4, -0.2) is 53.8 Å². The number of ether oxygens (including phenoxy) is 2. The number of carbonyl (C=O) groups is 1. The summed E-state index contributed by atoms with van der Waals surface area (Å²) >= 11 is 3.51. The minimum Gasteiger partial charge on any atom is -0.494 e. The number of carbonyl (C=O) groups excluding carboxylic acids is 1. The summed E-state index contributed by atoms with van der Waals surface area (Å²) in [5.41, 5.74) is 13.6. The fourth-order valence-electron chi connectivity index (χ4n) is 5.26. The molecular formula is C31H33BrN6O4. The molecule has 0 bridgehead atoms. The van der Waals surface area contributed by atoms with Crippen LogP contribution in [-0.2, 0) is 16.0 Å². The Bertz CT molecular complexity index is 1450. The number of hydrogen-bond donors (Lipinski definition) is 2. The lowest BCUT2D eigenvalue weighted by atomic mass is 9.81. The Morgan fingerprint density at radius 3 is 2.57 bits per heavy atom. The van der Waals surface area contributed by atoms with Crippen LogP contribution in [0.2, 0.25) is 0 Å². The zero-order valence-corrected chi connectivity index (χ0v) is 24.7. The highest BCUT2D eigenvalue weighted by Crippen LogP contribution is 2.44. The van der Waals surface area contributed by atoms with Gasteiger partial charge in [-0.1, -0.05) is 63.9 Å². The number of nitrogens with zero attached hydrogens (tertiary/aromatic N) is 5. The lowest BCUT2D eigenvalue weighted by Gasteiger charge is -2.35. The van der Waals surface area contributed by atoms with E-state index in [1.807, 2.05) is 65.7 Å². The minimum absolute atomic E-state index is 0.0601. The van der Waals surface area contributed by atoms with E-state index in [0.29, 0.717) is 41.5 Å². The molecule has 10 nitrogen and oxygen atoms in total. The molecule has 2 heterocycles. The molecular weight excluding hydrogens is 600 g/mol. The first-order valence-electron chi connectivity index (χ1n) is 14.1.